The number of anilines is 1. The van der Waals surface area contributed by atoms with Crippen LogP contribution in [0.1, 0.15) is 32.6 Å². The van der Waals surface area contributed by atoms with E-state index in [-0.39, 0.29) is 5.54 Å². The van der Waals surface area contributed by atoms with Crippen LogP contribution in [0.5, 0.6) is 5.75 Å². The van der Waals surface area contributed by atoms with Gasteiger partial charge in [0.25, 0.3) is 0 Å². The average molecular weight is 248 g/mol. The van der Waals surface area contributed by atoms with Gasteiger partial charge >= 0.3 is 0 Å². The predicted octanol–water partition coefficient (Wildman–Crippen LogP) is 3.01. The van der Waals surface area contributed by atoms with E-state index in [0.29, 0.717) is 6.54 Å². The van der Waals surface area contributed by atoms with Crippen LogP contribution in [-0.4, -0.2) is 19.2 Å². The van der Waals surface area contributed by atoms with Crippen LogP contribution < -0.4 is 15.8 Å². The number of hydrogen-bond donors (Lipinski definition) is 2. The van der Waals surface area contributed by atoms with Crippen molar-refractivity contribution < 1.29 is 4.74 Å². The van der Waals surface area contributed by atoms with Gasteiger partial charge < -0.3 is 15.8 Å². The molecule has 18 heavy (non-hydrogen) atoms. The maximum atomic E-state index is 6.02. The number of rotatable bonds is 4. The summed E-state index contributed by atoms with van der Waals surface area (Å²) in [6.45, 7) is 3.02. The maximum Gasteiger partial charge on any atom is 0.119 e. The Morgan fingerprint density at radius 3 is 2.67 bits per heavy atom. The Labute approximate surface area is 110 Å². The third-order valence-corrected chi connectivity index (χ3v) is 3.98. The molecule has 3 nitrogen and oxygen atoms in total. The highest BCUT2D eigenvalue weighted by atomic mass is 16.5. The van der Waals surface area contributed by atoms with Gasteiger partial charge in [-0.1, -0.05) is 19.8 Å². The van der Waals surface area contributed by atoms with Gasteiger partial charge in [-0.2, -0.15) is 0 Å². The first-order chi connectivity index (χ1) is 8.67. The van der Waals surface area contributed by atoms with Crippen molar-refractivity contribution in [2.75, 3.05) is 19.0 Å². The van der Waals surface area contributed by atoms with Crippen molar-refractivity contribution in [1.29, 1.82) is 0 Å². The molecule has 0 aromatic heterocycles. The quantitative estimate of drug-likeness (QED) is 0.861. The topological polar surface area (TPSA) is 47.3 Å². The van der Waals surface area contributed by atoms with E-state index in [1.807, 2.05) is 12.1 Å². The maximum absolute atomic E-state index is 6.02. The Morgan fingerprint density at radius 2 is 2.11 bits per heavy atom. The van der Waals surface area contributed by atoms with E-state index in [2.05, 4.69) is 24.4 Å². The van der Waals surface area contributed by atoms with E-state index in [1.165, 1.54) is 19.3 Å². The summed E-state index contributed by atoms with van der Waals surface area (Å²) in [6.07, 6.45) is 4.92. The second-order valence-electron chi connectivity index (χ2n) is 5.54. The summed E-state index contributed by atoms with van der Waals surface area (Å²) in [5, 5.41) is 3.65. The van der Waals surface area contributed by atoms with Gasteiger partial charge in [-0.25, -0.2) is 0 Å². The van der Waals surface area contributed by atoms with Crippen molar-refractivity contribution >= 4 is 5.69 Å². The molecule has 0 amide bonds. The summed E-state index contributed by atoms with van der Waals surface area (Å²) in [5.74, 6) is 1.65. The zero-order chi connectivity index (χ0) is 13.0. The van der Waals surface area contributed by atoms with Crippen molar-refractivity contribution in [1.82, 2.24) is 0 Å². The minimum absolute atomic E-state index is 0.0756. The van der Waals surface area contributed by atoms with Gasteiger partial charge in [0.1, 0.15) is 5.75 Å². The first-order valence-electron chi connectivity index (χ1n) is 6.80. The van der Waals surface area contributed by atoms with Gasteiger partial charge in [-0.15, -0.1) is 0 Å². The van der Waals surface area contributed by atoms with Gasteiger partial charge in [0.15, 0.2) is 0 Å². The molecule has 1 aliphatic rings. The largest absolute Gasteiger partial charge is 0.497 e. The summed E-state index contributed by atoms with van der Waals surface area (Å²) < 4.78 is 5.18. The van der Waals surface area contributed by atoms with Gasteiger partial charge in [0.2, 0.25) is 0 Å². The summed E-state index contributed by atoms with van der Waals surface area (Å²) >= 11 is 0. The van der Waals surface area contributed by atoms with E-state index in [9.17, 15) is 0 Å². The monoisotopic (exact) mass is 248 g/mol. The third-order valence-electron chi connectivity index (χ3n) is 3.98. The Hall–Kier alpha value is -1.22. The van der Waals surface area contributed by atoms with Crippen LogP contribution in [0, 0.1) is 5.92 Å². The lowest BCUT2D eigenvalue weighted by molar-refractivity contribution is 0.264. The van der Waals surface area contributed by atoms with Gasteiger partial charge in [-0.05, 0) is 43.0 Å². The number of ether oxygens (including phenoxy) is 1. The van der Waals surface area contributed by atoms with Crippen LogP contribution in [0.3, 0.4) is 0 Å². The predicted molar refractivity (Wildman–Crippen MR) is 76.0 cm³/mol. The second kappa shape index (κ2) is 5.61. The zero-order valence-corrected chi connectivity index (χ0v) is 11.4. The van der Waals surface area contributed by atoms with Gasteiger partial charge in [-0.3, -0.25) is 0 Å². The van der Waals surface area contributed by atoms with Crippen molar-refractivity contribution in [2.45, 2.75) is 38.1 Å². The molecule has 1 aromatic rings. The summed E-state index contributed by atoms with van der Waals surface area (Å²) in [6, 6.07) is 8.10. The molecule has 0 bridgehead atoms. The zero-order valence-electron chi connectivity index (χ0n) is 11.4. The van der Waals surface area contributed by atoms with Crippen molar-refractivity contribution in [3.8, 4) is 5.75 Å². The van der Waals surface area contributed by atoms with Crippen LogP contribution in [0.2, 0.25) is 0 Å². The van der Waals surface area contributed by atoms with Crippen molar-refractivity contribution in [2.24, 2.45) is 11.7 Å². The molecule has 2 rings (SSSR count). The van der Waals surface area contributed by atoms with Crippen LogP contribution in [0.25, 0.3) is 0 Å². The molecule has 1 aromatic carbocycles. The first kappa shape index (κ1) is 13.2. The summed E-state index contributed by atoms with van der Waals surface area (Å²) in [7, 11) is 1.69. The van der Waals surface area contributed by atoms with Crippen molar-refractivity contribution in [3.05, 3.63) is 24.3 Å². The van der Waals surface area contributed by atoms with E-state index in [4.69, 9.17) is 10.5 Å². The van der Waals surface area contributed by atoms with Gasteiger partial charge in [0, 0.05) is 17.8 Å². The van der Waals surface area contributed by atoms with E-state index in [0.717, 1.165) is 23.8 Å². The lowest BCUT2D eigenvalue weighted by atomic mass is 9.76. The highest BCUT2D eigenvalue weighted by molar-refractivity contribution is 5.48. The number of methoxy groups -OCH3 is 1. The molecule has 2 atom stereocenters. The summed E-state index contributed by atoms with van der Waals surface area (Å²) in [5.41, 5.74) is 7.23. The van der Waals surface area contributed by atoms with Gasteiger partial charge in [0.05, 0.1) is 7.11 Å². The molecule has 0 saturated heterocycles. The van der Waals surface area contributed by atoms with Crippen LogP contribution in [-0.2, 0) is 0 Å². The molecule has 0 aliphatic heterocycles. The molecule has 3 N–H and O–H groups in total. The molecule has 1 fully saturated rings. The fourth-order valence-corrected chi connectivity index (χ4v) is 2.99. The number of nitrogens with two attached hydrogens (primary N) is 1. The molecule has 0 heterocycles. The Bertz CT molecular complexity index is 377. The Balaban J connectivity index is 2.08. The van der Waals surface area contributed by atoms with Crippen LogP contribution in [0.15, 0.2) is 24.3 Å². The number of hydrogen-bond acceptors (Lipinski definition) is 3. The second-order valence-corrected chi connectivity index (χ2v) is 5.54. The van der Waals surface area contributed by atoms with Crippen molar-refractivity contribution in [3.63, 3.8) is 0 Å². The summed E-state index contributed by atoms with van der Waals surface area (Å²) in [4.78, 5) is 0. The average Bonchev–Trinajstić information content (AvgIpc) is 2.39. The van der Waals surface area contributed by atoms with Crippen LogP contribution in [0.4, 0.5) is 5.69 Å². The Morgan fingerprint density at radius 1 is 1.39 bits per heavy atom. The molecule has 1 saturated carbocycles. The third kappa shape index (κ3) is 2.96. The number of nitrogens with one attached hydrogen (secondary N) is 1. The Kier molecular flexibility index (Phi) is 4.12. The normalized spacial score (nSPS) is 27.8. The van der Waals surface area contributed by atoms with E-state index < -0.39 is 0 Å². The molecule has 0 radical (unpaired) electrons. The fraction of sp³-hybridized carbons (Fsp3) is 0.600. The highest BCUT2D eigenvalue weighted by Gasteiger charge is 2.33. The molecule has 2 unspecified atom stereocenters. The smallest absolute Gasteiger partial charge is 0.119 e. The van der Waals surface area contributed by atoms with E-state index in [1.54, 1.807) is 7.11 Å². The molecule has 3 heteroatoms. The lowest BCUT2D eigenvalue weighted by Crippen LogP contribution is -2.48. The molecular weight excluding hydrogens is 224 g/mol. The minimum Gasteiger partial charge on any atom is -0.497 e. The molecular formula is C15H24N2O. The highest BCUT2D eigenvalue weighted by Crippen LogP contribution is 2.34. The molecule has 100 valence electrons. The first-order valence-corrected chi connectivity index (χ1v) is 6.80. The molecule has 1 aliphatic carbocycles. The minimum atomic E-state index is 0.0756. The number of benzene rings is 1. The SMILES string of the molecule is COc1ccc(NC2(CN)CCCC(C)C2)cc1. The molecule has 0 spiro atoms. The van der Waals surface area contributed by atoms with E-state index >= 15 is 0 Å². The fourth-order valence-electron chi connectivity index (χ4n) is 2.99. The van der Waals surface area contributed by atoms with Crippen LogP contribution >= 0.6 is 0 Å². The lowest BCUT2D eigenvalue weighted by Gasteiger charge is -2.40. The standard InChI is InChI=1S/C15H24N2O/c1-12-4-3-9-15(10-12,11-16)17-13-5-7-14(18-2)8-6-13/h5-8,12,17H,3-4,9-11,16H2,1-2H3.